The van der Waals surface area contributed by atoms with Crippen molar-refractivity contribution in [1.29, 1.82) is 0 Å². The number of nitrogens with one attached hydrogen (secondary N) is 1. The highest BCUT2D eigenvalue weighted by Crippen LogP contribution is 2.19. The van der Waals surface area contributed by atoms with Gasteiger partial charge < -0.3 is 10.4 Å². The van der Waals surface area contributed by atoms with Gasteiger partial charge in [-0.25, -0.2) is 0 Å². The summed E-state index contributed by atoms with van der Waals surface area (Å²) in [6.07, 6.45) is 10.5. The molecule has 1 aliphatic carbocycles. The first kappa shape index (κ1) is 12.9. The number of allylic oxidation sites excluding steroid dienone is 2. The second-order valence-electron chi connectivity index (χ2n) is 5.10. The summed E-state index contributed by atoms with van der Waals surface area (Å²) in [4.78, 5) is 2.58. The fourth-order valence-corrected chi connectivity index (χ4v) is 2.69. The van der Waals surface area contributed by atoms with Gasteiger partial charge in [-0.2, -0.15) is 0 Å². The second-order valence-corrected chi connectivity index (χ2v) is 5.10. The SMILES string of the molecule is BC1=CCC(N2CCC(NCCO)CC2)C=C1. The Bertz CT molecular complexity index is 296. The molecule has 94 valence electrons. The Morgan fingerprint density at radius 3 is 2.76 bits per heavy atom. The number of aliphatic hydroxyl groups is 1. The molecule has 0 aromatic heterocycles. The van der Waals surface area contributed by atoms with Crippen molar-refractivity contribution in [2.75, 3.05) is 26.2 Å². The van der Waals surface area contributed by atoms with E-state index >= 15 is 0 Å². The van der Waals surface area contributed by atoms with Gasteiger partial charge in [0.1, 0.15) is 7.85 Å². The van der Waals surface area contributed by atoms with Crippen molar-refractivity contribution < 1.29 is 5.11 Å². The molecule has 2 aliphatic rings. The Balaban J connectivity index is 1.74. The smallest absolute Gasteiger partial charge is 0.138 e. The number of likely N-dealkylation sites (tertiary alicyclic amines) is 1. The third kappa shape index (κ3) is 3.70. The summed E-state index contributed by atoms with van der Waals surface area (Å²) < 4.78 is 0. The minimum atomic E-state index is 0.246. The van der Waals surface area contributed by atoms with Crippen LogP contribution in [0, 0.1) is 0 Å². The Morgan fingerprint density at radius 1 is 1.41 bits per heavy atom. The number of piperidine rings is 1. The van der Waals surface area contributed by atoms with Gasteiger partial charge in [0.15, 0.2) is 0 Å². The van der Waals surface area contributed by atoms with E-state index < -0.39 is 0 Å². The quantitative estimate of drug-likeness (QED) is 0.666. The number of nitrogens with zero attached hydrogens (tertiary/aromatic N) is 1. The summed E-state index contributed by atoms with van der Waals surface area (Å²) in [6.45, 7) is 3.32. The molecule has 3 nitrogen and oxygen atoms in total. The summed E-state index contributed by atoms with van der Waals surface area (Å²) in [5.74, 6) is 0. The molecule has 0 bridgehead atoms. The van der Waals surface area contributed by atoms with Crippen LogP contribution in [-0.2, 0) is 0 Å². The van der Waals surface area contributed by atoms with Gasteiger partial charge in [-0.3, -0.25) is 4.90 Å². The monoisotopic (exact) mass is 234 g/mol. The lowest BCUT2D eigenvalue weighted by atomic mass is 9.88. The summed E-state index contributed by atoms with van der Waals surface area (Å²) in [7, 11) is 2.16. The highest BCUT2D eigenvalue weighted by molar-refractivity contribution is 6.23. The maximum Gasteiger partial charge on any atom is 0.138 e. The topological polar surface area (TPSA) is 35.5 Å². The van der Waals surface area contributed by atoms with E-state index in [-0.39, 0.29) is 6.61 Å². The van der Waals surface area contributed by atoms with Crippen LogP contribution in [0.1, 0.15) is 19.3 Å². The van der Waals surface area contributed by atoms with Gasteiger partial charge in [0.2, 0.25) is 0 Å². The van der Waals surface area contributed by atoms with Gasteiger partial charge in [0.25, 0.3) is 0 Å². The molecule has 2 rings (SSSR count). The fraction of sp³-hybridized carbons (Fsp3) is 0.692. The summed E-state index contributed by atoms with van der Waals surface area (Å²) in [5.41, 5.74) is 1.39. The van der Waals surface area contributed by atoms with E-state index in [9.17, 15) is 0 Å². The van der Waals surface area contributed by atoms with E-state index in [1.165, 1.54) is 31.4 Å². The fourth-order valence-electron chi connectivity index (χ4n) is 2.69. The molecule has 4 heteroatoms. The van der Waals surface area contributed by atoms with Gasteiger partial charge >= 0.3 is 0 Å². The van der Waals surface area contributed by atoms with Gasteiger partial charge in [-0.15, -0.1) is 0 Å². The average molecular weight is 234 g/mol. The maximum absolute atomic E-state index is 8.79. The summed E-state index contributed by atoms with van der Waals surface area (Å²) in [5, 5.41) is 12.2. The minimum absolute atomic E-state index is 0.246. The minimum Gasteiger partial charge on any atom is -0.395 e. The lowest BCUT2D eigenvalue weighted by Gasteiger charge is -2.37. The largest absolute Gasteiger partial charge is 0.395 e. The van der Waals surface area contributed by atoms with Gasteiger partial charge in [-0.1, -0.05) is 23.7 Å². The molecule has 0 amide bonds. The van der Waals surface area contributed by atoms with Crippen LogP contribution in [0.25, 0.3) is 0 Å². The second kappa shape index (κ2) is 6.38. The molecular formula is C13H23BN2O. The highest BCUT2D eigenvalue weighted by atomic mass is 16.3. The zero-order chi connectivity index (χ0) is 12.1. The Kier molecular flexibility index (Phi) is 4.83. The highest BCUT2D eigenvalue weighted by Gasteiger charge is 2.23. The predicted octanol–water partition coefficient (Wildman–Crippen LogP) is -0.122. The van der Waals surface area contributed by atoms with Crippen LogP contribution in [0.15, 0.2) is 23.7 Å². The number of rotatable bonds is 4. The molecule has 1 atom stereocenters. The molecule has 17 heavy (non-hydrogen) atoms. The van der Waals surface area contributed by atoms with Gasteiger partial charge in [-0.05, 0) is 19.3 Å². The number of hydrogen-bond donors (Lipinski definition) is 2. The van der Waals surface area contributed by atoms with E-state index in [2.05, 4.69) is 36.3 Å². The molecule has 1 fully saturated rings. The normalized spacial score (nSPS) is 27.1. The summed E-state index contributed by atoms with van der Waals surface area (Å²) in [6, 6.07) is 1.21. The van der Waals surface area contributed by atoms with Gasteiger partial charge in [0, 0.05) is 31.7 Å². The van der Waals surface area contributed by atoms with Crippen molar-refractivity contribution >= 4 is 7.85 Å². The van der Waals surface area contributed by atoms with E-state index in [4.69, 9.17) is 5.11 Å². The van der Waals surface area contributed by atoms with Crippen molar-refractivity contribution in [3.8, 4) is 0 Å². The molecule has 2 N–H and O–H groups in total. The number of hydrogen-bond acceptors (Lipinski definition) is 3. The number of aliphatic hydroxyl groups excluding tert-OH is 1. The van der Waals surface area contributed by atoms with E-state index in [0.29, 0.717) is 12.1 Å². The van der Waals surface area contributed by atoms with Crippen LogP contribution in [0.3, 0.4) is 0 Å². The molecule has 0 saturated carbocycles. The molecule has 0 spiro atoms. The first-order valence-corrected chi connectivity index (χ1v) is 6.73. The van der Waals surface area contributed by atoms with Crippen LogP contribution in [0.5, 0.6) is 0 Å². The zero-order valence-electron chi connectivity index (χ0n) is 10.7. The Hall–Kier alpha value is -0.575. The molecule has 0 aromatic rings. The van der Waals surface area contributed by atoms with Crippen molar-refractivity contribution in [3.05, 3.63) is 23.7 Å². The first-order chi connectivity index (χ1) is 8.29. The van der Waals surface area contributed by atoms with E-state index in [0.717, 1.165) is 13.0 Å². The third-order valence-corrected chi connectivity index (χ3v) is 3.81. The van der Waals surface area contributed by atoms with Crippen molar-refractivity contribution in [2.24, 2.45) is 0 Å². The molecule has 1 aliphatic heterocycles. The molecule has 1 heterocycles. The van der Waals surface area contributed by atoms with Crippen LogP contribution < -0.4 is 5.32 Å². The van der Waals surface area contributed by atoms with Crippen LogP contribution in [0.2, 0.25) is 0 Å². The third-order valence-electron chi connectivity index (χ3n) is 3.81. The Morgan fingerprint density at radius 2 is 2.18 bits per heavy atom. The lowest BCUT2D eigenvalue weighted by molar-refractivity contribution is 0.162. The van der Waals surface area contributed by atoms with Gasteiger partial charge in [0.05, 0.1) is 6.61 Å². The zero-order valence-corrected chi connectivity index (χ0v) is 10.7. The van der Waals surface area contributed by atoms with E-state index in [1.807, 2.05) is 0 Å². The van der Waals surface area contributed by atoms with Crippen LogP contribution in [-0.4, -0.2) is 56.2 Å². The molecule has 0 aromatic carbocycles. The Labute approximate surface area is 105 Å². The van der Waals surface area contributed by atoms with Crippen molar-refractivity contribution in [3.63, 3.8) is 0 Å². The first-order valence-electron chi connectivity index (χ1n) is 6.73. The maximum atomic E-state index is 8.79. The molecule has 1 saturated heterocycles. The van der Waals surface area contributed by atoms with Crippen LogP contribution in [0.4, 0.5) is 0 Å². The lowest BCUT2D eigenvalue weighted by Crippen LogP contribution is -2.46. The average Bonchev–Trinajstić information content (AvgIpc) is 2.38. The molecule has 0 radical (unpaired) electrons. The molecule has 1 unspecified atom stereocenters. The van der Waals surface area contributed by atoms with Crippen molar-refractivity contribution in [1.82, 2.24) is 10.2 Å². The van der Waals surface area contributed by atoms with Crippen LogP contribution >= 0.6 is 0 Å². The standard InChI is InChI=1S/C13H23BN2O/c14-11-1-3-13(4-2-11)16-8-5-12(6-9-16)15-7-10-17/h1-3,12-13,15,17H,4-10,14H2. The molecular weight excluding hydrogens is 211 g/mol. The van der Waals surface area contributed by atoms with Crippen molar-refractivity contribution in [2.45, 2.75) is 31.3 Å². The van der Waals surface area contributed by atoms with E-state index in [1.54, 1.807) is 0 Å². The predicted molar refractivity (Wildman–Crippen MR) is 73.9 cm³/mol. The summed E-state index contributed by atoms with van der Waals surface area (Å²) >= 11 is 0.